The number of Topliss-reactive ketones (excluding diaryl/α,β-unsaturated/α-hetero) is 1. The number of amides is 1. The van der Waals surface area contributed by atoms with Crippen LogP contribution in [0.25, 0.3) is 0 Å². The van der Waals surface area contributed by atoms with Crippen molar-refractivity contribution in [3.05, 3.63) is 18.0 Å². The van der Waals surface area contributed by atoms with E-state index in [-0.39, 0.29) is 18.5 Å². The van der Waals surface area contributed by atoms with Gasteiger partial charge >= 0.3 is 6.09 Å². The second-order valence-electron chi connectivity index (χ2n) is 6.71. The quantitative estimate of drug-likeness (QED) is 0.827. The minimum atomic E-state index is -0.856. The molecule has 1 amide bonds. The highest BCUT2D eigenvalue weighted by Crippen LogP contribution is 2.34. The van der Waals surface area contributed by atoms with Gasteiger partial charge in [0, 0.05) is 19.3 Å². The minimum absolute atomic E-state index is 0.156. The van der Waals surface area contributed by atoms with E-state index in [1.54, 1.807) is 11.0 Å². The molecule has 1 aromatic rings. The summed E-state index contributed by atoms with van der Waals surface area (Å²) in [5.41, 5.74) is -1.01. The van der Waals surface area contributed by atoms with Crippen molar-refractivity contribution in [3.63, 3.8) is 0 Å². The molecule has 0 aromatic carbocycles. The molecule has 2 rings (SSSR count). The lowest BCUT2D eigenvalue weighted by atomic mass is 9.74. The van der Waals surface area contributed by atoms with E-state index in [4.69, 9.17) is 4.74 Å². The highest BCUT2D eigenvalue weighted by Gasteiger charge is 2.43. The molecule has 0 atom stereocenters. The maximum Gasteiger partial charge on any atom is 0.410 e. The normalized spacial score (nSPS) is 18.1. The number of aliphatic hydroxyl groups excluding tert-OH is 1. The molecule has 2 N–H and O–H groups in total. The fourth-order valence-electron chi connectivity index (χ4n) is 2.57. The Morgan fingerprint density at radius 2 is 2.05 bits per heavy atom. The molecule has 2 heterocycles. The molecule has 1 aliphatic heterocycles. The van der Waals surface area contributed by atoms with Crippen molar-refractivity contribution in [2.75, 3.05) is 19.7 Å². The standard InChI is InChI=1S/C15H23N3O4/c1-14(2,3)22-13(21)18-8-5-15(10-19,6-9-18)12(20)11-4-7-16-17-11/h4,7,19H,5-6,8-10H2,1-3H3,(H,16,17). The Morgan fingerprint density at radius 3 is 2.50 bits per heavy atom. The fourth-order valence-corrected chi connectivity index (χ4v) is 2.57. The lowest BCUT2D eigenvalue weighted by Gasteiger charge is -2.39. The number of piperidine rings is 1. The molecule has 0 unspecified atom stereocenters. The Balaban J connectivity index is 2.03. The Bertz CT molecular complexity index is 525. The number of hydrogen-bond acceptors (Lipinski definition) is 5. The van der Waals surface area contributed by atoms with E-state index in [0.717, 1.165) is 0 Å². The van der Waals surface area contributed by atoms with Crippen LogP contribution in [0.3, 0.4) is 0 Å². The van der Waals surface area contributed by atoms with Gasteiger partial charge in [-0.3, -0.25) is 9.89 Å². The van der Waals surface area contributed by atoms with Gasteiger partial charge in [-0.2, -0.15) is 5.10 Å². The predicted molar refractivity (Wildman–Crippen MR) is 79.5 cm³/mol. The van der Waals surface area contributed by atoms with Crippen LogP contribution in [0.2, 0.25) is 0 Å². The molecule has 0 saturated carbocycles. The fraction of sp³-hybridized carbons (Fsp3) is 0.667. The van der Waals surface area contributed by atoms with E-state index in [1.807, 2.05) is 20.8 Å². The maximum atomic E-state index is 12.6. The highest BCUT2D eigenvalue weighted by atomic mass is 16.6. The summed E-state index contributed by atoms with van der Waals surface area (Å²) in [5.74, 6) is -0.156. The van der Waals surface area contributed by atoms with Crippen LogP contribution in [0.1, 0.15) is 44.1 Å². The van der Waals surface area contributed by atoms with E-state index in [9.17, 15) is 14.7 Å². The number of ketones is 1. The second kappa shape index (κ2) is 6.08. The third-order valence-electron chi connectivity index (χ3n) is 3.90. The Labute approximate surface area is 129 Å². The molecule has 1 aromatic heterocycles. The summed E-state index contributed by atoms with van der Waals surface area (Å²) in [6.07, 6.45) is 1.93. The lowest BCUT2D eigenvalue weighted by Crippen LogP contribution is -2.49. The van der Waals surface area contributed by atoms with Crippen molar-refractivity contribution >= 4 is 11.9 Å². The number of carbonyl (C=O) groups excluding carboxylic acids is 2. The summed E-state index contributed by atoms with van der Waals surface area (Å²) in [6.45, 7) is 5.97. The summed E-state index contributed by atoms with van der Waals surface area (Å²) in [7, 11) is 0. The van der Waals surface area contributed by atoms with Crippen LogP contribution >= 0.6 is 0 Å². The Kier molecular flexibility index (Phi) is 4.55. The van der Waals surface area contributed by atoms with Gasteiger partial charge in [0.15, 0.2) is 5.78 Å². The highest BCUT2D eigenvalue weighted by molar-refractivity contribution is 5.99. The van der Waals surface area contributed by atoms with E-state index >= 15 is 0 Å². The number of nitrogens with one attached hydrogen (secondary N) is 1. The molecule has 1 aliphatic rings. The number of aromatic nitrogens is 2. The van der Waals surface area contributed by atoms with Crippen LogP contribution in [-0.2, 0) is 4.74 Å². The first kappa shape index (κ1) is 16.5. The molecular formula is C15H23N3O4. The van der Waals surface area contributed by atoms with Crippen molar-refractivity contribution in [2.45, 2.75) is 39.2 Å². The van der Waals surface area contributed by atoms with Crippen molar-refractivity contribution in [3.8, 4) is 0 Å². The van der Waals surface area contributed by atoms with Gasteiger partial charge in [0.1, 0.15) is 11.3 Å². The van der Waals surface area contributed by atoms with E-state index in [0.29, 0.717) is 31.6 Å². The molecule has 122 valence electrons. The lowest BCUT2D eigenvalue weighted by molar-refractivity contribution is 0.00223. The van der Waals surface area contributed by atoms with Crippen LogP contribution < -0.4 is 0 Å². The maximum absolute atomic E-state index is 12.6. The number of rotatable bonds is 3. The largest absolute Gasteiger partial charge is 0.444 e. The second-order valence-corrected chi connectivity index (χ2v) is 6.71. The van der Waals surface area contributed by atoms with Gasteiger partial charge in [0.05, 0.1) is 12.0 Å². The Morgan fingerprint density at radius 1 is 1.41 bits per heavy atom. The van der Waals surface area contributed by atoms with Crippen LogP contribution in [0.5, 0.6) is 0 Å². The zero-order valence-electron chi connectivity index (χ0n) is 13.3. The third kappa shape index (κ3) is 3.47. The van der Waals surface area contributed by atoms with Gasteiger partial charge in [-0.25, -0.2) is 4.79 Å². The number of aromatic amines is 1. The average molecular weight is 309 g/mol. The number of H-pyrrole nitrogens is 1. The molecule has 1 fully saturated rings. The molecule has 22 heavy (non-hydrogen) atoms. The summed E-state index contributed by atoms with van der Waals surface area (Å²) >= 11 is 0. The van der Waals surface area contributed by atoms with Gasteiger partial charge in [-0.15, -0.1) is 0 Å². The zero-order chi connectivity index (χ0) is 16.4. The van der Waals surface area contributed by atoms with Crippen molar-refractivity contribution in [1.82, 2.24) is 15.1 Å². The first-order chi connectivity index (χ1) is 10.3. The van der Waals surface area contributed by atoms with Gasteiger partial charge in [-0.05, 0) is 39.7 Å². The van der Waals surface area contributed by atoms with E-state index in [2.05, 4.69) is 10.2 Å². The summed E-state index contributed by atoms with van der Waals surface area (Å²) in [5, 5.41) is 16.1. The smallest absolute Gasteiger partial charge is 0.410 e. The molecular weight excluding hydrogens is 286 g/mol. The number of carbonyl (C=O) groups is 2. The van der Waals surface area contributed by atoms with Gasteiger partial charge < -0.3 is 14.7 Å². The molecule has 7 heteroatoms. The molecule has 7 nitrogen and oxygen atoms in total. The van der Waals surface area contributed by atoms with Crippen LogP contribution in [0.15, 0.2) is 12.3 Å². The number of likely N-dealkylation sites (tertiary alicyclic amines) is 1. The molecule has 0 spiro atoms. The number of aliphatic hydroxyl groups is 1. The minimum Gasteiger partial charge on any atom is -0.444 e. The van der Waals surface area contributed by atoms with Crippen molar-refractivity contribution in [2.24, 2.45) is 5.41 Å². The van der Waals surface area contributed by atoms with Crippen LogP contribution in [0, 0.1) is 5.41 Å². The van der Waals surface area contributed by atoms with Gasteiger partial charge in [0.25, 0.3) is 0 Å². The average Bonchev–Trinajstić information content (AvgIpc) is 2.99. The number of hydrogen-bond donors (Lipinski definition) is 2. The zero-order valence-corrected chi connectivity index (χ0v) is 13.3. The number of ether oxygens (including phenoxy) is 1. The van der Waals surface area contributed by atoms with E-state index in [1.165, 1.54) is 6.20 Å². The van der Waals surface area contributed by atoms with Gasteiger partial charge in [0.2, 0.25) is 0 Å². The first-order valence-corrected chi connectivity index (χ1v) is 7.40. The van der Waals surface area contributed by atoms with Crippen molar-refractivity contribution in [1.29, 1.82) is 0 Å². The van der Waals surface area contributed by atoms with Crippen LogP contribution in [-0.4, -0.2) is 57.4 Å². The first-order valence-electron chi connectivity index (χ1n) is 7.40. The topological polar surface area (TPSA) is 95.5 Å². The number of nitrogens with zero attached hydrogens (tertiary/aromatic N) is 2. The van der Waals surface area contributed by atoms with E-state index < -0.39 is 11.0 Å². The van der Waals surface area contributed by atoms with Crippen LogP contribution in [0.4, 0.5) is 4.79 Å². The summed E-state index contributed by atoms with van der Waals surface area (Å²) in [6, 6.07) is 1.60. The third-order valence-corrected chi connectivity index (χ3v) is 3.90. The predicted octanol–water partition coefficient (Wildman–Crippen LogP) is 1.60. The molecule has 0 aliphatic carbocycles. The molecule has 0 radical (unpaired) electrons. The summed E-state index contributed by atoms with van der Waals surface area (Å²) < 4.78 is 5.34. The Hall–Kier alpha value is -1.89. The van der Waals surface area contributed by atoms with Crippen molar-refractivity contribution < 1.29 is 19.4 Å². The molecule has 0 bridgehead atoms. The summed E-state index contributed by atoms with van der Waals surface area (Å²) in [4.78, 5) is 26.2. The molecule has 1 saturated heterocycles. The monoisotopic (exact) mass is 309 g/mol. The SMILES string of the molecule is CC(C)(C)OC(=O)N1CCC(CO)(C(=O)c2ccn[nH]2)CC1. The van der Waals surface area contributed by atoms with Gasteiger partial charge in [-0.1, -0.05) is 0 Å².